The Kier molecular flexibility index (Phi) is 4.20. The number of hydrogen-bond acceptors (Lipinski definition) is 4. The SMILES string of the molecule is CC(CCN1C(=O)c2cccc3c(N(C)C)ccc(c23)C1=O)C(=O)O. The van der Waals surface area contributed by atoms with Crippen LogP contribution >= 0.6 is 0 Å². The van der Waals surface area contributed by atoms with Crippen molar-refractivity contribution in [3.05, 3.63) is 41.5 Å². The molecule has 2 amide bonds. The molecule has 0 aromatic heterocycles. The first kappa shape index (κ1) is 17.0. The van der Waals surface area contributed by atoms with Gasteiger partial charge in [-0.2, -0.15) is 0 Å². The summed E-state index contributed by atoms with van der Waals surface area (Å²) in [6.07, 6.45) is 0.230. The summed E-state index contributed by atoms with van der Waals surface area (Å²) < 4.78 is 0. The minimum atomic E-state index is -0.935. The summed E-state index contributed by atoms with van der Waals surface area (Å²) >= 11 is 0. The zero-order valence-corrected chi connectivity index (χ0v) is 14.4. The molecule has 0 saturated heterocycles. The molecule has 0 saturated carbocycles. The van der Waals surface area contributed by atoms with Gasteiger partial charge in [0, 0.05) is 48.2 Å². The van der Waals surface area contributed by atoms with Gasteiger partial charge in [-0.3, -0.25) is 19.3 Å². The number of carboxylic acids is 1. The summed E-state index contributed by atoms with van der Waals surface area (Å²) in [5, 5.41) is 10.5. The highest BCUT2D eigenvalue weighted by Crippen LogP contribution is 2.35. The van der Waals surface area contributed by atoms with Gasteiger partial charge in [0.1, 0.15) is 0 Å². The summed E-state index contributed by atoms with van der Waals surface area (Å²) in [6.45, 7) is 1.66. The van der Waals surface area contributed by atoms with Crippen LogP contribution in [0.5, 0.6) is 0 Å². The normalized spacial score (nSPS) is 14.8. The number of amides is 2. The van der Waals surface area contributed by atoms with Crippen molar-refractivity contribution in [3.8, 4) is 0 Å². The molecule has 1 unspecified atom stereocenters. The number of rotatable bonds is 5. The van der Waals surface area contributed by atoms with Crippen LogP contribution in [0.4, 0.5) is 5.69 Å². The number of hydrogen-bond donors (Lipinski definition) is 1. The van der Waals surface area contributed by atoms with Gasteiger partial charge in [0.2, 0.25) is 0 Å². The number of imide groups is 1. The number of carbonyl (C=O) groups is 3. The maximum Gasteiger partial charge on any atom is 0.306 e. The van der Waals surface area contributed by atoms with Gasteiger partial charge < -0.3 is 10.0 Å². The highest BCUT2D eigenvalue weighted by molar-refractivity contribution is 6.26. The van der Waals surface area contributed by atoms with Gasteiger partial charge >= 0.3 is 5.97 Å². The van der Waals surface area contributed by atoms with Gasteiger partial charge in [0.15, 0.2) is 0 Å². The highest BCUT2D eigenvalue weighted by atomic mass is 16.4. The predicted octanol–water partition coefficient (Wildman–Crippen LogP) is 2.61. The third-order valence-corrected chi connectivity index (χ3v) is 4.66. The van der Waals surface area contributed by atoms with E-state index in [9.17, 15) is 14.4 Å². The molecule has 1 heterocycles. The Labute approximate surface area is 145 Å². The van der Waals surface area contributed by atoms with Crippen molar-refractivity contribution >= 4 is 34.2 Å². The number of aliphatic carboxylic acids is 1. The molecule has 2 aromatic carbocycles. The van der Waals surface area contributed by atoms with Crippen molar-refractivity contribution in [1.82, 2.24) is 4.90 Å². The summed E-state index contributed by atoms with van der Waals surface area (Å²) in [7, 11) is 3.83. The molecule has 6 heteroatoms. The second kappa shape index (κ2) is 6.20. The number of anilines is 1. The lowest BCUT2D eigenvalue weighted by Crippen LogP contribution is -2.41. The summed E-state index contributed by atoms with van der Waals surface area (Å²) in [4.78, 5) is 39.7. The molecule has 0 bridgehead atoms. The van der Waals surface area contributed by atoms with Gasteiger partial charge in [-0.05, 0) is 24.6 Å². The van der Waals surface area contributed by atoms with Gasteiger partial charge in [-0.1, -0.05) is 19.1 Å². The third-order valence-electron chi connectivity index (χ3n) is 4.66. The largest absolute Gasteiger partial charge is 0.481 e. The van der Waals surface area contributed by atoms with E-state index >= 15 is 0 Å². The van der Waals surface area contributed by atoms with E-state index in [0.717, 1.165) is 16.0 Å². The summed E-state index contributed by atoms with van der Waals surface area (Å²) in [5.74, 6) is -2.28. The molecule has 1 atom stereocenters. The summed E-state index contributed by atoms with van der Waals surface area (Å²) in [6, 6.07) is 9.03. The Morgan fingerprint density at radius 1 is 1.12 bits per heavy atom. The van der Waals surface area contributed by atoms with Gasteiger partial charge in [-0.25, -0.2) is 0 Å². The van der Waals surface area contributed by atoms with Crippen molar-refractivity contribution in [1.29, 1.82) is 0 Å². The van der Waals surface area contributed by atoms with E-state index in [-0.39, 0.29) is 24.8 Å². The van der Waals surface area contributed by atoms with E-state index < -0.39 is 11.9 Å². The lowest BCUT2D eigenvalue weighted by atomic mass is 9.92. The van der Waals surface area contributed by atoms with Crippen LogP contribution in [0.3, 0.4) is 0 Å². The van der Waals surface area contributed by atoms with Crippen molar-refractivity contribution in [3.63, 3.8) is 0 Å². The first-order chi connectivity index (χ1) is 11.8. The molecular formula is C19H20N2O4. The fraction of sp³-hybridized carbons (Fsp3) is 0.316. The molecule has 130 valence electrons. The molecule has 2 aromatic rings. The number of nitrogens with zero attached hydrogens (tertiary/aromatic N) is 2. The quantitative estimate of drug-likeness (QED) is 0.847. The van der Waals surface area contributed by atoms with E-state index in [1.807, 2.05) is 31.1 Å². The van der Waals surface area contributed by atoms with E-state index in [0.29, 0.717) is 16.5 Å². The predicted molar refractivity (Wildman–Crippen MR) is 95.1 cm³/mol. The third kappa shape index (κ3) is 2.73. The minimum Gasteiger partial charge on any atom is -0.481 e. The molecule has 1 aliphatic rings. The van der Waals surface area contributed by atoms with Crippen molar-refractivity contribution < 1.29 is 19.5 Å². The second-order valence-corrected chi connectivity index (χ2v) is 6.54. The first-order valence-electron chi connectivity index (χ1n) is 8.15. The fourth-order valence-corrected chi connectivity index (χ4v) is 3.17. The van der Waals surface area contributed by atoms with E-state index in [1.165, 1.54) is 0 Å². The first-order valence-corrected chi connectivity index (χ1v) is 8.15. The zero-order valence-electron chi connectivity index (χ0n) is 14.4. The van der Waals surface area contributed by atoms with Crippen LogP contribution in [0, 0.1) is 5.92 Å². The van der Waals surface area contributed by atoms with Crippen LogP contribution in [-0.2, 0) is 4.79 Å². The lowest BCUT2D eigenvalue weighted by Gasteiger charge is -2.29. The topological polar surface area (TPSA) is 77.9 Å². The summed E-state index contributed by atoms with van der Waals surface area (Å²) in [5.41, 5.74) is 1.91. The molecule has 1 aliphatic heterocycles. The average Bonchev–Trinajstić information content (AvgIpc) is 2.58. The number of carbonyl (C=O) groups excluding carboxylic acids is 2. The van der Waals surface area contributed by atoms with Crippen LogP contribution in [0.1, 0.15) is 34.1 Å². The highest BCUT2D eigenvalue weighted by Gasteiger charge is 2.33. The number of benzene rings is 2. The van der Waals surface area contributed by atoms with E-state index in [4.69, 9.17) is 5.11 Å². The van der Waals surface area contributed by atoms with Crippen molar-refractivity contribution in [2.75, 3.05) is 25.5 Å². The standard InChI is InChI=1S/C19H20N2O4/c1-11(19(24)25)9-10-21-17(22)13-6-4-5-12-15(20(2)3)8-7-14(16(12)13)18(21)23/h4-8,11H,9-10H2,1-3H3,(H,24,25). The van der Waals surface area contributed by atoms with Gasteiger partial charge in [0.25, 0.3) is 11.8 Å². The van der Waals surface area contributed by atoms with E-state index in [1.54, 1.807) is 25.1 Å². The Morgan fingerprint density at radius 2 is 1.76 bits per heavy atom. The molecule has 0 fully saturated rings. The maximum atomic E-state index is 12.8. The second-order valence-electron chi connectivity index (χ2n) is 6.54. The van der Waals surface area contributed by atoms with Crippen molar-refractivity contribution in [2.45, 2.75) is 13.3 Å². The average molecular weight is 340 g/mol. The monoisotopic (exact) mass is 340 g/mol. The van der Waals surface area contributed by atoms with Crippen LogP contribution < -0.4 is 4.90 Å². The van der Waals surface area contributed by atoms with Crippen LogP contribution in [-0.4, -0.2) is 48.4 Å². The molecular weight excluding hydrogens is 320 g/mol. The van der Waals surface area contributed by atoms with E-state index in [2.05, 4.69) is 0 Å². The Hall–Kier alpha value is -2.89. The van der Waals surface area contributed by atoms with Crippen LogP contribution in [0.2, 0.25) is 0 Å². The van der Waals surface area contributed by atoms with Gasteiger partial charge in [-0.15, -0.1) is 0 Å². The fourth-order valence-electron chi connectivity index (χ4n) is 3.17. The molecule has 0 radical (unpaired) electrons. The molecule has 1 N–H and O–H groups in total. The molecule has 25 heavy (non-hydrogen) atoms. The Balaban J connectivity index is 2.06. The smallest absolute Gasteiger partial charge is 0.306 e. The van der Waals surface area contributed by atoms with Crippen molar-refractivity contribution in [2.24, 2.45) is 5.92 Å². The number of carboxylic acid groups (broad SMARTS) is 1. The van der Waals surface area contributed by atoms with Gasteiger partial charge in [0.05, 0.1) is 5.92 Å². The maximum absolute atomic E-state index is 12.8. The molecule has 0 aliphatic carbocycles. The minimum absolute atomic E-state index is 0.0936. The molecule has 3 rings (SSSR count). The zero-order chi connectivity index (χ0) is 18.3. The van der Waals surface area contributed by atoms with Crippen LogP contribution in [0.25, 0.3) is 10.8 Å². The lowest BCUT2D eigenvalue weighted by molar-refractivity contribution is -0.141. The Morgan fingerprint density at radius 3 is 2.36 bits per heavy atom. The molecule has 6 nitrogen and oxygen atoms in total. The van der Waals surface area contributed by atoms with Crippen LogP contribution in [0.15, 0.2) is 30.3 Å². The molecule has 0 spiro atoms. The Bertz CT molecular complexity index is 866.